The zero-order valence-electron chi connectivity index (χ0n) is 28.0. The van der Waals surface area contributed by atoms with Crippen LogP contribution in [0.3, 0.4) is 0 Å². The molecule has 5 heteroatoms. The summed E-state index contributed by atoms with van der Waals surface area (Å²) in [5.74, 6) is 0.604. The first-order valence-corrected chi connectivity index (χ1v) is 18.1. The summed E-state index contributed by atoms with van der Waals surface area (Å²) in [7, 11) is 0. The van der Waals surface area contributed by atoms with Crippen LogP contribution in [0.2, 0.25) is 0 Å². The van der Waals surface area contributed by atoms with Gasteiger partial charge in [-0.1, -0.05) is 92.7 Å². The topological polar surface area (TPSA) is 42.4 Å². The van der Waals surface area contributed by atoms with Gasteiger partial charge in [-0.05, 0) is 77.4 Å². The fraction of sp³-hybridized carbons (Fsp3) is 0.0652. The molecule has 0 fully saturated rings. The van der Waals surface area contributed by atoms with Crippen LogP contribution >= 0.6 is 11.3 Å². The fourth-order valence-corrected chi connectivity index (χ4v) is 9.37. The molecule has 10 aromatic rings. The molecule has 0 amide bonds. The van der Waals surface area contributed by atoms with Crippen LogP contribution < -0.4 is 4.90 Å². The summed E-state index contributed by atoms with van der Waals surface area (Å²) >= 11 is 1.85. The van der Waals surface area contributed by atoms with Gasteiger partial charge in [0.2, 0.25) is 5.89 Å². The van der Waals surface area contributed by atoms with Crippen molar-refractivity contribution < 1.29 is 8.83 Å². The van der Waals surface area contributed by atoms with Crippen LogP contribution in [-0.2, 0) is 5.41 Å². The number of anilines is 3. The van der Waals surface area contributed by atoms with Gasteiger partial charge in [-0.15, -0.1) is 11.3 Å². The minimum Gasteiger partial charge on any atom is -0.456 e. The van der Waals surface area contributed by atoms with Crippen molar-refractivity contribution in [1.82, 2.24) is 4.98 Å². The summed E-state index contributed by atoms with van der Waals surface area (Å²) < 4.78 is 15.3. The highest BCUT2D eigenvalue weighted by Crippen LogP contribution is 2.54. The zero-order valence-corrected chi connectivity index (χ0v) is 28.8. The van der Waals surface area contributed by atoms with Crippen molar-refractivity contribution in [2.75, 3.05) is 4.90 Å². The molecule has 0 aliphatic heterocycles. The largest absolute Gasteiger partial charge is 0.456 e. The van der Waals surface area contributed by atoms with E-state index >= 15 is 0 Å². The first-order chi connectivity index (χ1) is 25.0. The molecule has 0 saturated carbocycles. The molecule has 242 valence electrons. The van der Waals surface area contributed by atoms with E-state index in [1.165, 1.54) is 42.4 Å². The number of fused-ring (bicyclic) bond motifs is 10. The molecule has 0 atom stereocenters. The minimum atomic E-state index is -0.116. The Bertz CT molecular complexity index is 3020. The third-order valence-corrected chi connectivity index (χ3v) is 11.8. The van der Waals surface area contributed by atoms with Crippen molar-refractivity contribution in [2.45, 2.75) is 19.3 Å². The Morgan fingerprint density at radius 1 is 0.549 bits per heavy atom. The average molecular weight is 675 g/mol. The van der Waals surface area contributed by atoms with Crippen molar-refractivity contribution in [1.29, 1.82) is 0 Å². The Kier molecular flexibility index (Phi) is 5.85. The highest BCUT2D eigenvalue weighted by Gasteiger charge is 2.37. The first kappa shape index (κ1) is 28.6. The molecule has 1 aliphatic carbocycles. The highest BCUT2D eigenvalue weighted by molar-refractivity contribution is 7.25. The van der Waals surface area contributed by atoms with E-state index in [1.54, 1.807) is 0 Å². The molecular formula is C46H30N2O2S. The van der Waals surface area contributed by atoms with Crippen molar-refractivity contribution >= 4 is 81.6 Å². The highest BCUT2D eigenvalue weighted by atomic mass is 32.1. The number of hydrogen-bond donors (Lipinski definition) is 0. The van der Waals surface area contributed by atoms with Gasteiger partial charge in [-0.2, -0.15) is 0 Å². The Morgan fingerprint density at radius 2 is 1.29 bits per heavy atom. The summed E-state index contributed by atoms with van der Waals surface area (Å²) in [4.78, 5) is 7.23. The van der Waals surface area contributed by atoms with Crippen molar-refractivity contribution in [3.63, 3.8) is 0 Å². The second-order valence-corrected chi connectivity index (χ2v) is 15.1. The number of aromatic nitrogens is 1. The quantitative estimate of drug-likeness (QED) is 0.186. The Balaban J connectivity index is 1.15. The molecule has 0 radical (unpaired) electrons. The number of nitrogens with zero attached hydrogens (tertiary/aromatic N) is 2. The van der Waals surface area contributed by atoms with Gasteiger partial charge in [-0.3, -0.25) is 0 Å². The van der Waals surface area contributed by atoms with E-state index in [0.29, 0.717) is 5.89 Å². The second-order valence-electron chi connectivity index (χ2n) is 14.0. The number of furan rings is 1. The summed E-state index contributed by atoms with van der Waals surface area (Å²) in [5, 5.41) is 4.61. The van der Waals surface area contributed by atoms with E-state index < -0.39 is 0 Å². The minimum absolute atomic E-state index is 0.116. The number of rotatable bonds is 4. The third kappa shape index (κ3) is 4.16. The number of hydrogen-bond acceptors (Lipinski definition) is 5. The van der Waals surface area contributed by atoms with E-state index in [0.717, 1.165) is 55.7 Å². The van der Waals surface area contributed by atoms with E-state index in [1.807, 2.05) is 47.7 Å². The molecule has 11 rings (SSSR count). The maximum atomic E-state index is 6.46. The lowest BCUT2D eigenvalue weighted by molar-refractivity contribution is 0.620. The van der Waals surface area contributed by atoms with Gasteiger partial charge in [0.1, 0.15) is 16.7 Å². The number of oxazole rings is 1. The van der Waals surface area contributed by atoms with Crippen LogP contribution in [0, 0.1) is 0 Å². The molecule has 1 aliphatic rings. The zero-order chi connectivity index (χ0) is 33.8. The van der Waals surface area contributed by atoms with Gasteiger partial charge in [-0.25, -0.2) is 4.98 Å². The van der Waals surface area contributed by atoms with Crippen LogP contribution in [-0.4, -0.2) is 4.98 Å². The van der Waals surface area contributed by atoms with Crippen molar-refractivity contribution in [2.24, 2.45) is 0 Å². The van der Waals surface area contributed by atoms with Crippen LogP contribution in [0.25, 0.3) is 75.8 Å². The Hall–Kier alpha value is -6.17. The molecule has 0 saturated heterocycles. The van der Waals surface area contributed by atoms with Crippen LogP contribution in [0.5, 0.6) is 0 Å². The molecule has 4 nitrogen and oxygen atoms in total. The van der Waals surface area contributed by atoms with Crippen LogP contribution in [0.15, 0.2) is 154 Å². The molecule has 51 heavy (non-hydrogen) atoms. The lowest BCUT2D eigenvalue weighted by Gasteiger charge is -2.29. The summed E-state index contributed by atoms with van der Waals surface area (Å²) in [6, 6.07) is 51.9. The maximum Gasteiger partial charge on any atom is 0.227 e. The Labute approximate surface area is 297 Å². The van der Waals surface area contributed by atoms with E-state index in [9.17, 15) is 0 Å². The van der Waals surface area contributed by atoms with Crippen LogP contribution in [0.4, 0.5) is 17.1 Å². The molecule has 0 spiro atoms. The van der Waals surface area contributed by atoms with Gasteiger partial charge in [0.15, 0.2) is 5.58 Å². The van der Waals surface area contributed by atoms with Crippen LogP contribution in [0.1, 0.15) is 25.0 Å². The number of benzene rings is 7. The monoisotopic (exact) mass is 674 g/mol. The predicted octanol–water partition coefficient (Wildman–Crippen LogP) is 13.5. The average Bonchev–Trinajstić information content (AvgIpc) is 3.91. The molecular weight excluding hydrogens is 645 g/mol. The lowest BCUT2D eigenvalue weighted by atomic mass is 9.82. The third-order valence-electron chi connectivity index (χ3n) is 10.7. The normalized spacial score (nSPS) is 13.5. The molecule has 0 bridgehead atoms. The molecule has 3 aromatic heterocycles. The molecule has 3 heterocycles. The summed E-state index contributed by atoms with van der Waals surface area (Å²) in [5.41, 5.74) is 12.6. The van der Waals surface area contributed by atoms with Gasteiger partial charge in [0.05, 0.1) is 5.69 Å². The van der Waals surface area contributed by atoms with E-state index in [-0.39, 0.29) is 5.41 Å². The molecule has 0 unspecified atom stereocenters. The number of thiophene rings is 1. The van der Waals surface area contributed by atoms with E-state index in [2.05, 4.69) is 128 Å². The standard InChI is InChI=1S/C46H30N2O2S/c1-46(2)35-15-8-6-14-32(35)44-36(46)16-10-17-38(44)48(29-19-21-31-30-13-7-9-18-42(30)51-43(31)24-29)28-20-22-39-33(23-28)34-25-41-37(26-40(34)49-39)47-45(50-41)27-11-4-3-5-12-27/h3-26H,1-2H3. The van der Waals surface area contributed by atoms with Crippen molar-refractivity contribution in [3.8, 4) is 22.6 Å². The van der Waals surface area contributed by atoms with Crippen molar-refractivity contribution in [3.05, 3.63) is 157 Å². The van der Waals surface area contributed by atoms with Gasteiger partial charge in [0.25, 0.3) is 0 Å². The smallest absolute Gasteiger partial charge is 0.227 e. The SMILES string of the molecule is CC1(C)c2ccccc2-c2c(N(c3ccc4c(c3)sc3ccccc34)c3ccc4oc5cc6nc(-c7ccccc7)oc6cc5c4c3)cccc21. The summed E-state index contributed by atoms with van der Waals surface area (Å²) in [6.07, 6.45) is 0. The fourth-order valence-electron chi connectivity index (χ4n) is 8.23. The maximum absolute atomic E-state index is 6.46. The van der Waals surface area contributed by atoms with Gasteiger partial charge >= 0.3 is 0 Å². The molecule has 7 aromatic carbocycles. The first-order valence-electron chi connectivity index (χ1n) is 17.3. The van der Waals surface area contributed by atoms with E-state index in [4.69, 9.17) is 13.8 Å². The van der Waals surface area contributed by atoms with Gasteiger partial charge < -0.3 is 13.7 Å². The lowest BCUT2D eigenvalue weighted by Crippen LogP contribution is -2.16. The van der Waals surface area contributed by atoms with Gasteiger partial charge in [0, 0.05) is 64.9 Å². The molecule has 0 N–H and O–H groups in total. The second kappa shape index (κ2) is 10.4. The summed E-state index contributed by atoms with van der Waals surface area (Å²) in [6.45, 7) is 4.68. The predicted molar refractivity (Wildman–Crippen MR) is 212 cm³/mol. The Morgan fingerprint density at radius 3 is 2.22 bits per heavy atom.